The fourth-order valence-electron chi connectivity index (χ4n) is 3.13. The van der Waals surface area contributed by atoms with E-state index >= 15 is 0 Å². The molecule has 0 unspecified atom stereocenters. The average Bonchev–Trinajstić information content (AvgIpc) is 3.00. The lowest BCUT2D eigenvalue weighted by Crippen LogP contribution is -2.42. The molecular formula is C19H24N4O2S. The first-order valence-electron chi connectivity index (χ1n) is 8.82. The van der Waals surface area contributed by atoms with Gasteiger partial charge in [0.2, 0.25) is 11.8 Å². The molecule has 0 bridgehead atoms. The fourth-order valence-corrected chi connectivity index (χ4v) is 3.97. The molecule has 3 rings (SSSR count). The number of benzene rings is 1. The molecule has 2 aromatic rings. The molecule has 0 radical (unpaired) electrons. The maximum Gasteiger partial charge on any atom is 0.233 e. The third kappa shape index (κ3) is 4.66. The summed E-state index contributed by atoms with van der Waals surface area (Å²) in [7, 11) is 0. The van der Waals surface area contributed by atoms with Gasteiger partial charge in [0.1, 0.15) is 0 Å². The monoisotopic (exact) mass is 372 g/mol. The Balaban J connectivity index is 1.51. The Hall–Kier alpha value is -2.28. The van der Waals surface area contributed by atoms with Crippen LogP contribution in [0.3, 0.4) is 0 Å². The van der Waals surface area contributed by atoms with E-state index in [2.05, 4.69) is 22.1 Å². The van der Waals surface area contributed by atoms with Crippen LogP contribution in [0.5, 0.6) is 0 Å². The number of aryl methyl sites for hydroxylation is 1. The first kappa shape index (κ1) is 18.5. The number of rotatable bonds is 6. The molecule has 0 aliphatic carbocycles. The van der Waals surface area contributed by atoms with Gasteiger partial charge < -0.3 is 15.6 Å². The average molecular weight is 372 g/mol. The summed E-state index contributed by atoms with van der Waals surface area (Å²) >= 11 is 1.43. The van der Waals surface area contributed by atoms with Crippen molar-refractivity contribution < 1.29 is 9.59 Å². The normalized spacial score (nSPS) is 15.2. The van der Waals surface area contributed by atoms with Crippen molar-refractivity contribution >= 4 is 23.6 Å². The minimum Gasteiger partial charge on any atom is -0.369 e. The summed E-state index contributed by atoms with van der Waals surface area (Å²) in [6, 6.07) is 10.2. The maximum atomic E-state index is 12.4. The molecule has 1 saturated heterocycles. The lowest BCUT2D eigenvalue weighted by Gasteiger charge is -2.30. The zero-order chi connectivity index (χ0) is 18.5. The molecule has 1 aliphatic heterocycles. The van der Waals surface area contributed by atoms with Gasteiger partial charge >= 0.3 is 0 Å². The van der Waals surface area contributed by atoms with E-state index in [-0.39, 0.29) is 17.7 Å². The predicted molar refractivity (Wildman–Crippen MR) is 102 cm³/mol. The largest absolute Gasteiger partial charge is 0.369 e. The van der Waals surface area contributed by atoms with E-state index in [4.69, 9.17) is 5.73 Å². The third-order valence-corrected chi connectivity index (χ3v) is 5.62. The van der Waals surface area contributed by atoms with Crippen LogP contribution in [0, 0.1) is 12.8 Å². The number of H-pyrrole nitrogens is 1. The Bertz CT molecular complexity index is 767. The van der Waals surface area contributed by atoms with E-state index in [9.17, 15) is 9.59 Å². The van der Waals surface area contributed by atoms with E-state index in [1.807, 2.05) is 30.0 Å². The van der Waals surface area contributed by atoms with Crippen LogP contribution in [-0.4, -0.2) is 45.5 Å². The first-order valence-corrected chi connectivity index (χ1v) is 9.81. The van der Waals surface area contributed by atoms with Gasteiger partial charge in [0.05, 0.1) is 11.4 Å². The number of nitrogens with two attached hydrogens (primary N) is 1. The van der Waals surface area contributed by atoms with Crippen LogP contribution >= 0.6 is 11.8 Å². The number of thioether (sulfide) groups is 1. The number of hydrogen-bond donors (Lipinski definition) is 2. The Morgan fingerprint density at radius 2 is 1.96 bits per heavy atom. The fraction of sp³-hybridized carbons (Fsp3) is 0.421. The van der Waals surface area contributed by atoms with Gasteiger partial charge in [0.25, 0.3) is 0 Å². The molecule has 3 N–H and O–H groups in total. The molecule has 6 nitrogen and oxygen atoms in total. The van der Waals surface area contributed by atoms with Crippen LogP contribution in [0.1, 0.15) is 29.8 Å². The van der Waals surface area contributed by atoms with E-state index in [1.54, 1.807) is 0 Å². The molecule has 0 saturated carbocycles. The summed E-state index contributed by atoms with van der Waals surface area (Å²) in [5, 5.41) is 0.772. The summed E-state index contributed by atoms with van der Waals surface area (Å²) in [5.41, 5.74) is 8.59. The van der Waals surface area contributed by atoms with Crippen molar-refractivity contribution in [3.63, 3.8) is 0 Å². The summed E-state index contributed by atoms with van der Waals surface area (Å²) < 4.78 is 0. The van der Waals surface area contributed by atoms with Gasteiger partial charge in [0.15, 0.2) is 5.16 Å². The summed E-state index contributed by atoms with van der Waals surface area (Å²) in [6.07, 6.45) is 2.10. The molecule has 2 heterocycles. The molecule has 1 aromatic carbocycles. The Morgan fingerprint density at radius 3 is 2.62 bits per heavy atom. The molecule has 26 heavy (non-hydrogen) atoms. The van der Waals surface area contributed by atoms with Crippen LogP contribution in [0.25, 0.3) is 0 Å². The number of amides is 2. The van der Waals surface area contributed by atoms with Gasteiger partial charge in [-0.1, -0.05) is 42.1 Å². The minimum atomic E-state index is -0.261. The number of primary amides is 1. The highest BCUT2D eigenvalue weighted by atomic mass is 32.2. The van der Waals surface area contributed by atoms with Gasteiger partial charge in [-0.3, -0.25) is 9.59 Å². The van der Waals surface area contributed by atoms with Crippen molar-refractivity contribution in [3.8, 4) is 0 Å². The molecule has 7 heteroatoms. The second kappa shape index (κ2) is 8.40. The number of imidazole rings is 1. The Labute approximate surface area is 157 Å². The summed E-state index contributed by atoms with van der Waals surface area (Å²) in [6.45, 7) is 3.21. The second-order valence-corrected chi connectivity index (χ2v) is 7.59. The summed E-state index contributed by atoms with van der Waals surface area (Å²) in [4.78, 5) is 33.3. The Kier molecular flexibility index (Phi) is 5.98. The predicted octanol–water partition coefficient (Wildman–Crippen LogP) is 2.12. The zero-order valence-corrected chi connectivity index (χ0v) is 15.7. The van der Waals surface area contributed by atoms with Crippen molar-refractivity contribution in [3.05, 3.63) is 47.3 Å². The zero-order valence-electron chi connectivity index (χ0n) is 14.9. The SMILES string of the molecule is Cc1[nH]c(SCC(=O)N2CCC(C(N)=O)CC2)nc1Cc1ccccc1. The van der Waals surface area contributed by atoms with E-state index in [0.29, 0.717) is 31.7 Å². The number of hydrogen-bond acceptors (Lipinski definition) is 4. The smallest absolute Gasteiger partial charge is 0.233 e. The molecule has 0 spiro atoms. The number of carbonyl (C=O) groups excluding carboxylic acids is 2. The number of likely N-dealkylation sites (tertiary alicyclic amines) is 1. The highest BCUT2D eigenvalue weighted by Gasteiger charge is 2.25. The molecule has 1 aromatic heterocycles. The standard InChI is InChI=1S/C19H24N4O2S/c1-13-16(11-14-5-3-2-4-6-14)22-19(21-13)26-12-17(24)23-9-7-15(8-10-23)18(20)25/h2-6,15H,7-12H2,1H3,(H2,20,25)(H,21,22). The van der Waals surface area contributed by atoms with Gasteiger partial charge in [-0.05, 0) is 25.3 Å². The van der Waals surface area contributed by atoms with Crippen LogP contribution in [0.2, 0.25) is 0 Å². The van der Waals surface area contributed by atoms with Crippen LogP contribution < -0.4 is 5.73 Å². The lowest BCUT2D eigenvalue weighted by atomic mass is 9.96. The quantitative estimate of drug-likeness (QED) is 0.760. The van der Waals surface area contributed by atoms with Gasteiger partial charge in [-0.15, -0.1) is 0 Å². The third-order valence-electron chi connectivity index (χ3n) is 4.76. The van der Waals surface area contributed by atoms with Crippen LogP contribution in [0.4, 0.5) is 0 Å². The highest BCUT2D eigenvalue weighted by Crippen LogP contribution is 2.21. The van der Waals surface area contributed by atoms with E-state index in [1.165, 1.54) is 17.3 Å². The van der Waals surface area contributed by atoms with Gasteiger partial charge in [-0.25, -0.2) is 4.98 Å². The topological polar surface area (TPSA) is 92.1 Å². The molecule has 1 fully saturated rings. The highest BCUT2D eigenvalue weighted by molar-refractivity contribution is 7.99. The molecule has 2 amide bonds. The molecule has 1 aliphatic rings. The number of aromatic amines is 1. The maximum absolute atomic E-state index is 12.4. The van der Waals surface area contributed by atoms with Crippen molar-refractivity contribution in [2.75, 3.05) is 18.8 Å². The minimum absolute atomic E-state index is 0.0802. The first-order chi connectivity index (χ1) is 12.5. The van der Waals surface area contributed by atoms with Crippen molar-refractivity contribution in [1.29, 1.82) is 0 Å². The van der Waals surface area contributed by atoms with Crippen molar-refractivity contribution in [1.82, 2.24) is 14.9 Å². The second-order valence-electron chi connectivity index (χ2n) is 6.62. The molecule has 0 atom stereocenters. The number of nitrogens with zero attached hydrogens (tertiary/aromatic N) is 2. The summed E-state index contributed by atoms with van der Waals surface area (Å²) in [5.74, 6) is 0.0685. The van der Waals surface area contributed by atoms with E-state index in [0.717, 1.165) is 23.0 Å². The lowest BCUT2D eigenvalue weighted by molar-refractivity contribution is -0.132. The van der Waals surface area contributed by atoms with Crippen molar-refractivity contribution in [2.45, 2.75) is 31.3 Å². The van der Waals surface area contributed by atoms with Crippen LogP contribution in [-0.2, 0) is 16.0 Å². The Morgan fingerprint density at radius 1 is 1.27 bits per heavy atom. The number of aromatic nitrogens is 2. The molecule has 138 valence electrons. The van der Waals surface area contributed by atoms with Crippen LogP contribution in [0.15, 0.2) is 35.5 Å². The molecular weight excluding hydrogens is 348 g/mol. The van der Waals surface area contributed by atoms with Gasteiger partial charge in [0, 0.05) is 31.1 Å². The van der Waals surface area contributed by atoms with E-state index < -0.39 is 0 Å². The van der Waals surface area contributed by atoms with Crippen molar-refractivity contribution in [2.24, 2.45) is 11.7 Å². The number of nitrogens with one attached hydrogen (secondary N) is 1. The number of piperidine rings is 1. The number of carbonyl (C=O) groups is 2. The van der Waals surface area contributed by atoms with Gasteiger partial charge in [-0.2, -0.15) is 0 Å².